The number of hydrogen-bond acceptors (Lipinski definition) is 6. The number of para-hydroxylation sites is 1. The fourth-order valence-corrected chi connectivity index (χ4v) is 4.30. The molecule has 0 radical (unpaired) electrons. The van der Waals surface area contributed by atoms with Gasteiger partial charge in [0.2, 0.25) is 5.78 Å². The summed E-state index contributed by atoms with van der Waals surface area (Å²) < 4.78 is 14.8. The van der Waals surface area contributed by atoms with Gasteiger partial charge in [-0.15, -0.1) is 10.2 Å². The molecule has 0 aliphatic carbocycles. The fourth-order valence-electron chi connectivity index (χ4n) is 3.54. The molecule has 162 valence electrons. The molecule has 2 aromatic heterocycles. The predicted octanol–water partition coefficient (Wildman–Crippen LogP) is 3.87. The molecular weight excluding hydrogens is 412 g/mol. The lowest BCUT2D eigenvalue weighted by Gasteiger charge is -2.11. The average molecular weight is 439 g/mol. The molecule has 0 aliphatic rings. The Labute approximate surface area is 185 Å². The first-order valence-electron chi connectivity index (χ1n) is 10.3. The van der Waals surface area contributed by atoms with Crippen molar-refractivity contribution in [3.63, 3.8) is 0 Å². The number of methoxy groups -OCH3 is 1. The third kappa shape index (κ3) is 4.45. The molecule has 0 saturated carbocycles. The van der Waals surface area contributed by atoms with Gasteiger partial charge in [0.05, 0.1) is 17.5 Å². The number of ether oxygens (including phenoxy) is 2. The molecule has 0 spiro atoms. The highest BCUT2D eigenvalue weighted by atomic mass is 32.2. The van der Waals surface area contributed by atoms with E-state index in [4.69, 9.17) is 9.47 Å². The smallest absolute Gasteiger partial charge is 0.262 e. The van der Waals surface area contributed by atoms with Gasteiger partial charge < -0.3 is 9.47 Å². The summed E-state index contributed by atoms with van der Waals surface area (Å²) in [7, 11) is 1.66. The van der Waals surface area contributed by atoms with Gasteiger partial charge in [0.1, 0.15) is 5.75 Å². The molecule has 8 heteroatoms. The van der Waals surface area contributed by atoms with Crippen molar-refractivity contribution in [3.8, 4) is 5.75 Å². The van der Waals surface area contributed by atoms with Gasteiger partial charge in [-0.3, -0.25) is 13.8 Å². The lowest BCUT2D eigenvalue weighted by molar-refractivity contribution is 0.190. The Balaban J connectivity index is 1.60. The molecule has 7 nitrogen and oxygen atoms in total. The van der Waals surface area contributed by atoms with Crippen molar-refractivity contribution in [2.75, 3.05) is 26.1 Å². The summed E-state index contributed by atoms with van der Waals surface area (Å²) in [6.45, 7) is 5.76. The van der Waals surface area contributed by atoms with E-state index >= 15 is 0 Å². The highest BCUT2D eigenvalue weighted by molar-refractivity contribution is 7.99. The van der Waals surface area contributed by atoms with Crippen molar-refractivity contribution >= 4 is 28.4 Å². The molecule has 0 saturated heterocycles. The molecule has 0 unspecified atom stereocenters. The molecule has 0 aliphatic heterocycles. The Kier molecular flexibility index (Phi) is 6.58. The van der Waals surface area contributed by atoms with E-state index in [1.165, 1.54) is 5.56 Å². The van der Waals surface area contributed by atoms with Crippen LogP contribution in [0.5, 0.6) is 5.75 Å². The molecular formula is C23H26N4O3S. The summed E-state index contributed by atoms with van der Waals surface area (Å²) >= 11 is 1.57. The minimum atomic E-state index is -0.0543. The molecule has 0 N–H and O–H groups in total. The molecule has 31 heavy (non-hydrogen) atoms. The van der Waals surface area contributed by atoms with Crippen LogP contribution in [0, 0.1) is 13.8 Å². The lowest BCUT2D eigenvalue weighted by Crippen LogP contribution is -2.24. The van der Waals surface area contributed by atoms with Crippen LogP contribution < -0.4 is 10.3 Å². The molecule has 0 fully saturated rings. The van der Waals surface area contributed by atoms with Gasteiger partial charge in [0, 0.05) is 26.0 Å². The molecule has 4 rings (SSSR count). The molecule has 2 aromatic carbocycles. The first-order valence-corrected chi connectivity index (χ1v) is 11.3. The Morgan fingerprint density at radius 2 is 1.90 bits per heavy atom. The Hall–Kier alpha value is -2.84. The van der Waals surface area contributed by atoms with E-state index in [1.54, 1.807) is 23.4 Å². The Morgan fingerprint density at radius 3 is 2.74 bits per heavy atom. The number of benzene rings is 2. The second kappa shape index (κ2) is 9.53. The largest absolute Gasteiger partial charge is 0.492 e. The predicted molar refractivity (Wildman–Crippen MR) is 123 cm³/mol. The van der Waals surface area contributed by atoms with Crippen LogP contribution in [-0.4, -0.2) is 45.2 Å². The summed E-state index contributed by atoms with van der Waals surface area (Å²) in [5.41, 5.74) is 3.05. The average Bonchev–Trinajstić information content (AvgIpc) is 3.20. The van der Waals surface area contributed by atoms with Crippen molar-refractivity contribution in [2.24, 2.45) is 0 Å². The topological polar surface area (TPSA) is 70.7 Å². The maximum atomic E-state index is 13.0. The van der Waals surface area contributed by atoms with E-state index in [0.717, 1.165) is 28.4 Å². The van der Waals surface area contributed by atoms with Gasteiger partial charge >= 0.3 is 0 Å². The van der Waals surface area contributed by atoms with Crippen LogP contribution in [-0.2, 0) is 11.3 Å². The third-order valence-electron chi connectivity index (χ3n) is 5.12. The van der Waals surface area contributed by atoms with E-state index in [0.29, 0.717) is 36.7 Å². The van der Waals surface area contributed by atoms with Crippen molar-refractivity contribution in [1.82, 2.24) is 19.2 Å². The Bertz CT molecular complexity index is 1270. The second-order valence-corrected chi connectivity index (χ2v) is 8.47. The van der Waals surface area contributed by atoms with Crippen LogP contribution in [0.15, 0.2) is 52.4 Å². The van der Waals surface area contributed by atoms with Crippen molar-refractivity contribution in [2.45, 2.75) is 32.0 Å². The van der Waals surface area contributed by atoms with E-state index in [1.807, 2.05) is 35.6 Å². The molecule has 4 aromatic rings. The lowest BCUT2D eigenvalue weighted by atomic mass is 10.1. The van der Waals surface area contributed by atoms with Crippen LogP contribution in [0.3, 0.4) is 0 Å². The zero-order valence-electron chi connectivity index (χ0n) is 18.0. The van der Waals surface area contributed by atoms with Gasteiger partial charge in [0.25, 0.3) is 5.56 Å². The first kappa shape index (κ1) is 21.4. The maximum Gasteiger partial charge on any atom is 0.262 e. The normalized spacial score (nSPS) is 11.5. The molecule has 0 amide bonds. The maximum absolute atomic E-state index is 13.0. The van der Waals surface area contributed by atoms with Crippen LogP contribution in [0.1, 0.15) is 17.5 Å². The monoisotopic (exact) mass is 438 g/mol. The van der Waals surface area contributed by atoms with E-state index in [-0.39, 0.29) is 5.56 Å². The minimum Gasteiger partial charge on any atom is -0.492 e. The van der Waals surface area contributed by atoms with Crippen molar-refractivity contribution in [3.05, 3.63) is 63.9 Å². The summed E-state index contributed by atoms with van der Waals surface area (Å²) in [5, 5.41) is 10.1. The third-order valence-corrected chi connectivity index (χ3v) is 6.02. The summed E-state index contributed by atoms with van der Waals surface area (Å²) in [6, 6.07) is 13.8. The summed E-state index contributed by atoms with van der Waals surface area (Å²) in [4.78, 5) is 13.0. The van der Waals surface area contributed by atoms with Crippen molar-refractivity contribution in [1.29, 1.82) is 0 Å². The SMILES string of the molecule is COCCCn1c(=O)c2ccccc2n2c(SCCOc3cc(C)ccc3C)nnc12. The highest BCUT2D eigenvalue weighted by Gasteiger charge is 2.16. The number of nitrogens with zero attached hydrogens (tertiary/aromatic N) is 4. The number of thioether (sulfide) groups is 1. The van der Waals surface area contributed by atoms with Gasteiger partial charge in [-0.2, -0.15) is 0 Å². The number of aromatic nitrogens is 4. The fraction of sp³-hybridized carbons (Fsp3) is 0.348. The quantitative estimate of drug-likeness (QED) is 0.292. The molecule has 0 bridgehead atoms. The number of hydrogen-bond donors (Lipinski definition) is 0. The van der Waals surface area contributed by atoms with Crippen LogP contribution in [0.2, 0.25) is 0 Å². The summed E-state index contributed by atoms with van der Waals surface area (Å²) in [6.07, 6.45) is 0.726. The van der Waals surface area contributed by atoms with Gasteiger partial charge in [-0.25, -0.2) is 0 Å². The number of aryl methyl sites for hydroxylation is 3. The second-order valence-electron chi connectivity index (χ2n) is 7.40. The van der Waals surface area contributed by atoms with Crippen LogP contribution in [0.4, 0.5) is 0 Å². The zero-order chi connectivity index (χ0) is 21.8. The van der Waals surface area contributed by atoms with Gasteiger partial charge in [-0.1, -0.05) is 36.0 Å². The standard InChI is InChI=1S/C23H26N4O3S/c1-16-9-10-17(2)20(15-16)30-13-14-31-23-25-24-22-26(11-6-12-29-3)21(28)18-7-4-5-8-19(18)27(22)23/h4-5,7-10,15H,6,11-14H2,1-3H3. The summed E-state index contributed by atoms with van der Waals surface area (Å²) in [5.74, 6) is 2.17. The van der Waals surface area contributed by atoms with E-state index < -0.39 is 0 Å². The number of rotatable bonds is 9. The van der Waals surface area contributed by atoms with E-state index in [2.05, 4.69) is 35.3 Å². The van der Waals surface area contributed by atoms with Gasteiger partial charge in [0.15, 0.2) is 5.16 Å². The Morgan fingerprint density at radius 1 is 1.06 bits per heavy atom. The molecule has 0 atom stereocenters. The van der Waals surface area contributed by atoms with Crippen molar-refractivity contribution < 1.29 is 9.47 Å². The first-order chi connectivity index (χ1) is 15.1. The highest BCUT2D eigenvalue weighted by Crippen LogP contribution is 2.23. The zero-order valence-corrected chi connectivity index (χ0v) is 18.8. The number of fused-ring (bicyclic) bond motifs is 3. The van der Waals surface area contributed by atoms with Gasteiger partial charge in [-0.05, 0) is 49.6 Å². The van der Waals surface area contributed by atoms with Crippen LogP contribution in [0.25, 0.3) is 16.7 Å². The van der Waals surface area contributed by atoms with Crippen LogP contribution >= 0.6 is 11.8 Å². The molecule has 2 heterocycles. The van der Waals surface area contributed by atoms with E-state index in [9.17, 15) is 4.79 Å². The minimum absolute atomic E-state index is 0.0543.